The Labute approximate surface area is 170 Å². The summed E-state index contributed by atoms with van der Waals surface area (Å²) in [5.41, 5.74) is 5.48. The minimum Gasteiger partial charge on any atom is -0.356 e. The molecule has 0 spiro atoms. The molecule has 0 radical (unpaired) electrons. The third-order valence-electron chi connectivity index (χ3n) is 5.29. The highest BCUT2D eigenvalue weighted by Gasteiger charge is 2.34. The third kappa shape index (κ3) is 3.30. The van der Waals surface area contributed by atoms with E-state index in [2.05, 4.69) is 44.2 Å². The van der Waals surface area contributed by atoms with Crippen LogP contribution in [0.3, 0.4) is 0 Å². The number of amides is 1. The number of benzene rings is 1. The van der Waals surface area contributed by atoms with Crippen LogP contribution in [0.1, 0.15) is 26.5 Å². The first-order chi connectivity index (χ1) is 13.9. The summed E-state index contributed by atoms with van der Waals surface area (Å²) < 4.78 is 0. The minimum atomic E-state index is -0.216. The lowest BCUT2D eigenvalue weighted by molar-refractivity contribution is -0.119. The SMILES string of the molecule is Cc1[nH]ncc1-c1ccnc(Nc2ccc3c(c2)N(C(C)C)C(C)C(=O)N3C)n1. The maximum absolute atomic E-state index is 12.6. The summed E-state index contributed by atoms with van der Waals surface area (Å²) in [6, 6.07) is 7.79. The molecule has 8 nitrogen and oxygen atoms in total. The molecule has 0 saturated heterocycles. The van der Waals surface area contributed by atoms with E-state index >= 15 is 0 Å². The lowest BCUT2D eigenvalue weighted by Crippen LogP contribution is -2.53. The molecule has 1 amide bonds. The van der Waals surface area contributed by atoms with E-state index in [1.165, 1.54) is 0 Å². The van der Waals surface area contributed by atoms with Crippen LogP contribution in [0.25, 0.3) is 11.3 Å². The summed E-state index contributed by atoms with van der Waals surface area (Å²) >= 11 is 0. The number of hydrogen-bond acceptors (Lipinski definition) is 6. The van der Waals surface area contributed by atoms with Gasteiger partial charge in [0.1, 0.15) is 6.04 Å². The van der Waals surface area contributed by atoms with Gasteiger partial charge in [-0.2, -0.15) is 5.10 Å². The van der Waals surface area contributed by atoms with Crippen molar-refractivity contribution in [3.8, 4) is 11.3 Å². The molecule has 1 unspecified atom stereocenters. The predicted molar refractivity (Wildman–Crippen MR) is 115 cm³/mol. The van der Waals surface area contributed by atoms with Gasteiger partial charge in [-0.05, 0) is 52.0 Å². The van der Waals surface area contributed by atoms with Gasteiger partial charge >= 0.3 is 0 Å². The van der Waals surface area contributed by atoms with Gasteiger partial charge in [-0.15, -0.1) is 0 Å². The number of anilines is 4. The Morgan fingerprint density at radius 1 is 1.21 bits per heavy atom. The zero-order valence-electron chi connectivity index (χ0n) is 17.3. The smallest absolute Gasteiger partial charge is 0.249 e. The molecule has 29 heavy (non-hydrogen) atoms. The van der Waals surface area contributed by atoms with Gasteiger partial charge in [0.05, 0.1) is 23.3 Å². The van der Waals surface area contributed by atoms with Gasteiger partial charge < -0.3 is 15.1 Å². The Morgan fingerprint density at radius 3 is 2.69 bits per heavy atom. The molecule has 0 aliphatic carbocycles. The molecular formula is C21H25N7O. The van der Waals surface area contributed by atoms with E-state index in [9.17, 15) is 4.79 Å². The van der Waals surface area contributed by atoms with Crippen LogP contribution in [0.15, 0.2) is 36.7 Å². The van der Waals surface area contributed by atoms with Crippen molar-refractivity contribution < 1.29 is 4.79 Å². The maximum Gasteiger partial charge on any atom is 0.249 e. The minimum absolute atomic E-state index is 0.0958. The Morgan fingerprint density at radius 2 is 2.00 bits per heavy atom. The molecule has 4 rings (SSSR count). The van der Waals surface area contributed by atoms with Gasteiger partial charge in [-0.25, -0.2) is 9.97 Å². The average Bonchev–Trinajstić information content (AvgIpc) is 3.12. The first kappa shape index (κ1) is 18.9. The zero-order valence-corrected chi connectivity index (χ0v) is 17.3. The molecule has 1 aliphatic heterocycles. The van der Waals surface area contributed by atoms with Crippen molar-refractivity contribution in [2.45, 2.75) is 39.8 Å². The lowest BCUT2D eigenvalue weighted by atomic mass is 10.0. The van der Waals surface area contributed by atoms with Crippen LogP contribution in [0.5, 0.6) is 0 Å². The Balaban J connectivity index is 1.68. The summed E-state index contributed by atoms with van der Waals surface area (Å²) in [7, 11) is 1.82. The maximum atomic E-state index is 12.6. The van der Waals surface area contributed by atoms with Gasteiger partial charge in [0.25, 0.3) is 0 Å². The standard InChI is InChI=1S/C21H25N7O/c1-12(2)28-14(4)20(29)27(5)18-7-6-15(10-19(18)28)24-21-22-9-8-17(25-21)16-11-23-26-13(16)3/h6-12,14H,1-5H3,(H,23,26)(H,22,24,25). The molecule has 1 atom stereocenters. The Kier molecular flexibility index (Phi) is 4.70. The molecule has 3 heterocycles. The van der Waals surface area contributed by atoms with E-state index in [4.69, 9.17) is 0 Å². The monoisotopic (exact) mass is 391 g/mol. The number of carbonyl (C=O) groups excluding carboxylic acids is 1. The molecule has 150 valence electrons. The number of H-pyrrole nitrogens is 1. The van der Waals surface area contributed by atoms with Gasteiger partial charge in [0, 0.05) is 36.2 Å². The van der Waals surface area contributed by atoms with Crippen molar-refractivity contribution in [3.63, 3.8) is 0 Å². The summed E-state index contributed by atoms with van der Waals surface area (Å²) in [5, 5.41) is 10.3. The largest absolute Gasteiger partial charge is 0.356 e. The van der Waals surface area contributed by atoms with E-state index < -0.39 is 0 Å². The number of nitrogens with one attached hydrogen (secondary N) is 2. The second-order valence-electron chi connectivity index (χ2n) is 7.58. The van der Waals surface area contributed by atoms with E-state index in [-0.39, 0.29) is 18.0 Å². The van der Waals surface area contributed by atoms with Crippen molar-refractivity contribution in [1.82, 2.24) is 20.2 Å². The summed E-state index contributed by atoms with van der Waals surface area (Å²) in [4.78, 5) is 25.4. The molecular weight excluding hydrogens is 366 g/mol. The Hall–Kier alpha value is -3.42. The molecule has 1 aliphatic rings. The predicted octanol–water partition coefficient (Wildman–Crippen LogP) is 3.50. The number of aromatic nitrogens is 4. The molecule has 0 fully saturated rings. The van der Waals surface area contributed by atoms with Crippen LogP contribution in [-0.4, -0.2) is 45.2 Å². The van der Waals surface area contributed by atoms with Crippen molar-refractivity contribution in [3.05, 3.63) is 42.4 Å². The molecule has 8 heteroatoms. The normalized spacial score (nSPS) is 16.3. The number of aryl methyl sites for hydroxylation is 1. The van der Waals surface area contributed by atoms with Crippen LogP contribution < -0.4 is 15.1 Å². The second-order valence-corrected chi connectivity index (χ2v) is 7.58. The summed E-state index contributed by atoms with van der Waals surface area (Å²) in [6.45, 7) is 8.10. The van der Waals surface area contributed by atoms with Gasteiger partial charge in [0.15, 0.2) is 0 Å². The fraction of sp³-hybridized carbons (Fsp3) is 0.333. The highest BCUT2D eigenvalue weighted by atomic mass is 16.2. The fourth-order valence-electron chi connectivity index (χ4n) is 3.85. The van der Waals surface area contributed by atoms with Crippen molar-refractivity contribution >= 4 is 28.9 Å². The first-order valence-corrected chi connectivity index (χ1v) is 9.67. The second kappa shape index (κ2) is 7.20. The van der Waals surface area contributed by atoms with Gasteiger partial charge in [0.2, 0.25) is 11.9 Å². The topological polar surface area (TPSA) is 90.0 Å². The molecule has 2 N–H and O–H groups in total. The van der Waals surface area contributed by atoms with Gasteiger partial charge in [-0.3, -0.25) is 9.89 Å². The van der Waals surface area contributed by atoms with E-state index in [1.807, 2.05) is 45.2 Å². The van der Waals surface area contributed by atoms with Crippen LogP contribution in [0.2, 0.25) is 0 Å². The molecule has 0 saturated carbocycles. The summed E-state index contributed by atoms with van der Waals surface area (Å²) in [6.07, 6.45) is 3.49. The van der Waals surface area contributed by atoms with E-state index in [0.29, 0.717) is 5.95 Å². The number of rotatable bonds is 4. The Bertz CT molecular complexity index is 1060. The van der Waals surface area contributed by atoms with E-state index in [0.717, 1.165) is 34.0 Å². The number of fused-ring (bicyclic) bond motifs is 1. The van der Waals surface area contributed by atoms with Crippen LogP contribution in [0, 0.1) is 6.92 Å². The van der Waals surface area contributed by atoms with Crippen molar-refractivity contribution in [2.75, 3.05) is 22.2 Å². The number of carbonyl (C=O) groups is 1. The van der Waals surface area contributed by atoms with Crippen LogP contribution in [0.4, 0.5) is 23.0 Å². The quantitative estimate of drug-likeness (QED) is 0.707. The van der Waals surface area contributed by atoms with E-state index in [1.54, 1.807) is 17.3 Å². The molecule has 3 aromatic rings. The van der Waals surface area contributed by atoms with Crippen LogP contribution >= 0.6 is 0 Å². The fourth-order valence-corrected chi connectivity index (χ4v) is 3.85. The highest BCUT2D eigenvalue weighted by Crippen LogP contribution is 2.39. The lowest BCUT2D eigenvalue weighted by Gasteiger charge is -2.42. The zero-order chi connectivity index (χ0) is 20.7. The molecule has 2 aromatic heterocycles. The first-order valence-electron chi connectivity index (χ1n) is 9.67. The molecule has 1 aromatic carbocycles. The van der Waals surface area contributed by atoms with Gasteiger partial charge in [-0.1, -0.05) is 0 Å². The highest BCUT2D eigenvalue weighted by molar-refractivity contribution is 6.05. The number of likely N-dealkylation sites (N-methyl/N-ethyl adjacent to an activating group) is 1. The van der Waals surface area contributed by atoms with Crippen LogP contribution in [-0.2, 0) is 4.79 Å². The van der Waals surface area contributed by atoms with Crippen molar-refractivity contribution in [1.29, 1.82) is 0 Å². The average molecular weight is 391 g/mol. The summed E-state index contributed by atoms with van der Waals surface area (Å²) in [5.74, 6) is 0.603. The number of hydrogen-bond donors (Lipinski definition) is 2. The number of aromatic amines is 1. The van der Waals surface area contributed by atoms with Crippen molar-refractivity contribution in [2.24, 2.45) is 0 Å². The third-order valence-corrected chi connectivity index (χ3v) is 5.29. The molecule has 0 bridgehead atoms. The number of nitrogens with zero attached hydrogens (tertiary/aromatic N) is 5.